The van der Waals surface area contributed by atoms with Crippen molar-refractivity contribution in [2.24, 2.45) is 5.73 Å². The van der Waals surface area contributed by atoms with Gasteiger partial charge in [0.15, 0.2) is 5.82 Å². The van der Waals surface area contributed by atoms with Gasteiger partial charge in [0.1, 0.15) is 28.3 Å². The number of benzene rings is 2. The van der Waals surface area contributed by atoms with Crippen LogP contribution < -0.4 is 31.6 Å². The lowest BCUT2D eigenvalue weighted by Gasteiger charge is -2.17. The van der Waals surface area contributed by atoms with Crippen molar-refractivity contribution in [2.75, 3.05) is 24.7 Å². The van der Waals surface area contributed by atoms with Gasteiger partial charge in [-0.05, 0) is 50.1 Å². The summed E-state index contributed by atoms with van der Waals surface area (Å²) in [7, 11) is 1.62. The van der Waals surface area contributed by atoms with Gasteiger partial charge in [-0.25, -0.2) is 4.98 Å². The van der Waals surface area contributed by atoms with Gasteiger partial charge < -0.3 is 36.7 Å². The van der Waals surface area contributed by atoms with E-state index in [1.54, 1.807) is 31.8 Å². The topological polar surface area (TPSA) is 158 Å². The minimum absolute atomic E-state index is 0.158. The summed E-state index contributed by atoms with van der Waals surface area (Å²) in [6.45, 7) is 7.22. The number of fused-ring (bicyclic) bond motifs is 1. The molecule has 0 aliphatic carbocycles. The van der Waals surface area contributed by atoms with E-state index in [1.165, 1.54) is 0 Å². The van der Waals surface area contributed by atoms with Gasteiger partial charge in [-0.2, -0.15) is 10.1 Å². The molecule has 0 aliphatic rings. The van der Waals surface area contributed by atoms with Gasteiger partial charge in [0.25, 0.3) is 0 Å². The molecule has 0 aliphatic heterocycles. The molecule has 0 amide bonds. The number of methoxy groups -OCH3 is 1. The van der Waals surface area contributed by atoms with Crippen molar-refractivity contribution < 1.29 is 14.6 Å². The van der Waals surface area contributed by atoms with Crippen LogP contribution in [0.5, 0.6) is 17.2 Å². The SMILES string of the molecule is CCCC(N)Nc1nc(N)nc2cnn(Cc3ccc(Oc4ccc(CNCC(C)(C)O)cc4)cc3OC)c12. The summed E-state index contributed by atoms with van der Waals surface area (Å²) in [5, 5.41) is 20.9. The molecule has 208 valence electrons. The maximum absolute atomic E-state index is 9.84. The zero-order valence-corrected chi connectivity index (χ0v) is 22.9. The Bertz CT molecular complexity index is 1380. The Labute approximate surface area is 228 Å². The first-order valence-corrected chi connectivity index (χ1v) is 13.0. The number of nitrogens with zero attached hydrogens (tertiary/aromatic N) is 4. The third-order valence-electron chi connectivity index (χ3n) is 6.05. The lowest BCUT2D eigenvalue weighted by atomic mass is 10.1. The van der Waals surface area contributed by atoms with Gasteiger partial charge in [0.05, 0.1) is 31.6 Å². The van der Waals surface area contributed by atoms with Crippen LogP contribution in [0, 0.1) is 0 Å². The summed E-state index contributed by atoms with van der Waals surface area (Å²) in [6, 6.07) is 13.5. The van der Waals surface area contributed by atoms with Crippen molar-refractivity contribution in [2.45, 2.75) is 58.5 Å². The molecule has 4 aromatic rings. The van der Waals surface area contributed by atoms with Gasteiger partial charge in [-0.15, -0.1) is 0 Å². The molecule has 0 saturated carbocycles. The summed E-state index contributed by atoms with van der Waals surface area (Å²) in [6.07, 6.45) is 3.13. The van der Waals surface area contributed by atoms with Crippen LogP contribution in [0.15, 0.2) is 48.7 Å². The largest absolute Gasteiger partial charge is 0.496 e. The molecular weight excluding hydrogens is 496 g/mol. The van der Waals surface area contributed by atoms with Crippen LogP contribution >= 0.6 is 0 Å². The number of nitrogens with two attached hydrogens (primary N) is 2. The molecule has 0 radical (unpaired) electrons. The van der Waals surface area contributed by atoms with Crippen LogP contribution in [0.1, 0.15) is 44.7 Å². The zero-order chi connectivity index (χ0) is 28.0. The maximum Gasteiger partial charge on any atom is 0.222 e. The van der Waals surface area contributed by atoms with Crippen molar-refractivity contribution in [3.8, 4) is 17.2 Å². The number of nitrogens with one attached hydrogen (secondary N) is 2. The fraction of sp³-hybridized carbons (Fsp3) is 0.393. The number of aromatic nitrogens is 4. The molecule has 0 saturated heterocycles. The van der Waals surface area contributed by atoms with Gasteiger partial charge in [-0.1, -0.05) is 25.5 Å². The van der Waals surface area contributed by atoms with Crippen molar-refractivity contribution in [3.05, 3.63) is 59.8 Å². The second-order valence-corrected chi connectivity index (χ2v) is 10.1. The van der Waals surface area contributed by atoms with E-state index in [2.05, 4.69) is 32.6 Å². The highest BCUT2D eigenvalue weighted by molar-refractivity contribution is 5.86. The predicted molar refractivity (Wildman–Crippen MR) is 153 cm³/mol. The molecule has 1 unspecified atom stereocenters. The standard InChI is InChI=1S/C28H38N8O3/c1-5-6-24(29)34-26-25-22(33-27(30)35-26)15-32-36(25)16-19-9-12-21(13-23(19)38-4)39-20-10-7-18(8-11-20)14-31-17-28(2,3)37/h7-13,15,24,31,37H,5-6,14,16-17,29H2,1-4H3,(H3,30,33,34,35). The first kappa shape index (κ1) is 28.1. The fourth-order valence-corrected chi connectivity index (χ4v) is 4.20. The molecule has 0 fully saturated rings. The number of hydrogen-bond acceptors (Lipinski definition) is 10. The minimum Gasteiger partial charge on any atom is -0.496 e. The highest BCUT2D eigenvalue weighted by atomic mass is 16.5. The van der Waals surface area contributed by atoms with Crippen LogP contribution in [-0.4, -0.2) is 50.3 Å². The molecule has 2 aromatic heterocycles. The Morgan fingerprint density at radius 1 is 1.10 bits per heavy atom. The number of nitrogen functional groups attached to an aromatic ring is 1. The number of anilines is 2. The third-order valence-corrected chi connectivity index (χ3v) is 6.05. The average Bonchev–Trinajstić information content (AvgIpc) is 3.27. The number of aliphatic hydroxyl groups is 1. The normalized spacial score (nSPS) is 12.5. The highest BCUT2D eigenvalue weighted by Crippen LogP contribution is 2.30. The Morgan fingerprint density at radius 3 is 2.54 bits per heavy atom. The van der Waals surface area contributed by atoms with Gasteiger partial charge in [-0.3, -0.25) is 4.68 Å². The van der Waals surface area contributed by atoms with E-state index < -0.39 is 5.60 Å². The Kier molecular flexibility index (Phi) is 8.85. The number of rotatable bonds is 13. The van der Waals surface area contributed by atoms with Crippen LogP contribution in [0.25, 0.3) is 11.0 Å². The quantitative estimate of drug-likeness (QED) is 0.160. The van der Waals surface area contributed by atoms with Gasteiger partial charge in [0, 0.05) is 24.7 Å². The van der Waals surface area contributed by atoms with E-state index in [9.17, 15) is 5.11 Å². The van der Waals surface area contributed by atoms with Crippen molar-refractivity contribution in [1.29, 1.82) is 0 Å². The number of ether oxygens (including phenoxy) is 2. The second kappa shape index (κ2) is 12.3. The van der Waals surface area contributed by atoms with Crippen LogP contribution in [-0.2, 0) is 13.1 Å². The summed E-state index contributed by atoms with van der Waals surface area (Å²) in [5.74, 6) is 2.73. The third kappa shape index (κ3) is 7.56. The van der Waals surface area contributed by atoms with Gasteiger partial charge >= 0.3 is 0 Å². The Hall–Kier alpha value is -3.93. The van der Waals surface area contributed by atoms with E-state index in [0.29, 0.717) is 48.2 Å². The second-order valence-electron chi connectivity index (χ2n) is 10.1. The predicted octanol–water partition coefficient (Wildman–Crippen LogP) is 3.62. The van der Waals surface area contributed by atoms with Crippen LogP contribution in [0.2, 0.25) is 0 Å². The average molecular weight is 535 g/mol. The smallest absolute Gasteiger partial charge is 0.222 e. The van der Waals surface area contributed by atoms with Crippen molar-refractivity contribution >= 4 is 22.8 Å². The first-order valence-electron chi connectivity index (χ1n) is 13.0. The number of hydrogen-bond donors (Lipinski definition) is 5. The minimum atomic E-state index is -0.748. The van der Waals surface area contributed by atoms with Crippen molar-refractivity contribution in [1.82, 2.24) is 25.1 Å². The van der Waals surface area contributed by atoms with Crippen molar-refractivity contribution in [3.63, 3.8) is 0 Å². The highest BCUT2D eigenvalue weighted by Gasteiger charge is 2.17. The monoisotopic (exact) mass is 534 g/mol. The van der Waals surface area contributed by atoms with Crippen LogP contribution in [0.3, 0.4) is 0 Å². The molecule has 1 atom stereocenters. The maximum atomic E-state index is 9.84. The molecule has 0 bridgehead atoms. The van der Waals surface area contributed by atoms with Crippen LogP contribution in [0.4, 0.5) is 11.8 Å². The van der Waals surface area contributed by atoms with E-state index >= 15 is 0 Å². The van der Waals surface area contributed by atoms with E-state index in [-0.39, 0.29) is 12.1 Å². The summed E-state index contributed by atoms with van der Waals surface area (Å²) in [4.78, 5) is 8.71. The molecule has 39 heavy (non-hydrogen) atoms. The molecule has 7 N–H and O–H groups in total. The van der Waals surface area contributed by atoms with E-state index in [4.69, 9.17) is 20.9 Å². The van der Waals surface area contributed by atoms with Gasteiger partial charge in [0.2, 0.25) is 5.95 Å². The molecule has 4 rings (SSSR count). The Balaban J connectivity index is 1.49. The molecule has 2 aromatic carbocycles. The Morgan fingerprint density at radius 2 is 1.85 bits per heavy atom. The summed E-state index contributed by atoms with van der Waals surface area (Å²) in [5.41, 5.74) is 14.7. The lowest BCUT2D eigenvalue weighted by molar-refractivity contribution is 0.0795. The summed E-state index contributed by atoms with van der Waals surface area (Å²) < 4.78 is 13.6. The first-order chi connectivity index (χ1) is 18.6. The molecule has 2 heterocycles. The molecule has 11 heteroatoms. The van der Waals surface area contributed by atoms with E-state index in [1.807, 2.05) is 42.5 Å². The molecular formula is C28H38N8O3. The zero-order valence-electron chi connectivity index (χ0n) is 22.9. The molecule has 11 nitrogen and oxygen atoms in total. The lowest BCUT2D eigenvalue weighted by Crippen LogP contribution is -2.34. The summed E-state index contributed by atoms with van der Waals surface area (Å²) >= 11 is 0. The van der Waals surface area contributed by atoms with E-state index in [0.717, 1.165) is 29.5 Å². The fourth-order valence-electron chi connectivity index (χ4n) is 4.20. The molecule has 0 spiro atoms.